The standard InChI is InChI=1S/C4H7N3O/c1-3-6-7-4(2-5)8-3/h2,5H2,1H3/p+1. The second-order valence-corrected chi connectivity index (χ2v) is 1.46. The number of rotatable bonds is 1. The van der Waals surface area contributed by atoms with Crippen molar-refractivity contribution in [2.45, 2.75) is 13.5 Å². The van der Waals surface area contributed by atoms with Crippen LogP contribution >= 0.6 is 0 Å². The molecule has 0 radical (unpaired) electrons. The van der Waals surface area contributed by atoms with Crippen molar-refractivity contribution < 1.29 is 10.2 Å². The third-order valence-corrected chi connectivity index (χ3v) is 0.782. The molecule has 1 rings (SSSR count). The summed E-state index contributed by atoms with van der Waals surface area (Å²) < 4.78 is 4.95. The molecule has 0 atom stereocenters. The van der Waals surface area contributed by atoms with Crippen molar-refractivity contribution in [3.05, 3.63) is 11.8 Å². The molecule has 0 saturated heterocycles. The molecule has 0 fully saturated rings. The van der Waals surface area contributed by atoms with Crippen LogP contribution in [0.1, 0.15) is 11.8 Å². The lowest BCUT2D eigenvalue weighted by Crippen LogP contribution is -2.47. The summed E-state index contributed by atoms with van der Waals surface area (Å²) in [6, 6.07) is 0. The predicted molar refractivity (Wildman–Crippen MR) is 25.6 cm³/mol. The van der Waals surface area contributed by atoms with Crippen molar-refractivity contribution in [1.29, 1.82) is 0 Å². The van der Waals surface area contributed by atoms with Gasteiger partial charge in [0.1, 0.15) is 0 Å². The van der Waals surface area contributed by atoms with E-state index in [0.717, 1.165) is 0 Å². The Bertz CT molecular complexity index is 172. The zero-order valence-corrected chi connectivity index (χ0v) is 4.72. The molecule has 3 N–H and O–H groups in total. The molecular formula is C4H8N3O+. The van der Waals surface area contributed by atoms with Gasteiger partial charge in [-0.3, -0.25) is 0 Å². The second-order valence-electron chi connectivity index (χ2n) is 1.46. The second kappa shape index (κ2) is 1.92. The Morgan fingerprint density at radius 2 is 2.38 bits per heavy atom. The fourth-order valence-electron chi connectivity index (χ4n) is 0.439. The fourth-order valence-corrected chi connectivity index (χ4v) is 0.439. The summed E-state index contributed by atoms with van der Waals surface area (Å²) in [6.45, 7) is 2.33. The van der Waals surface area contributed by atoms with E-state index >= 15 is 0 Å². The Kier molecular flexibility index (Phi) is 1.26. The SMILES string of the molecule is Cc1nnc(C[NH3+])o1. The molecule has 4 heteroatoms. The van der Waals surface area contributed by atoms with Crippen LogP contribution in [0.25, 0.3) is 0 Å². The van der Waals surface area contributed by atoms with Crippen LogP contribution in [0.2, 0.25) is 0 Å². The Morgan fingerprint density at radius 1 is 1.62 bits per heavy atom. The highest BCUT2D eigenvalue weighted by Gasteiger charge is 1.97. The zero-order chi connectivity index (χ0) is 5.98. The lowest BCUT2D eigenvalue weighted by Gasteiger charge is -1.75. The van der Waals surface area contributed by atoms with Gasteiger partial charge < -0.3 is 10.2 Å². The number of hydrogen-bond acceptors (Lipinski definition) is 3. The van der Waals surface area contributed by atoms with E-state index in [9.17, 15) is 0 Å². The van der Waals surface area contributed by atoms with Crippen molar-refractivity contribution in [2.75, 3.05) is 0 Å². The summed E-state index contributed by atoms with van der Waals surface area (Å²) in [5, 5.41) is 7.29. The van der Waals surface area contributed by atoms with Gasteiger partial charge in [0.25, 0.3) is 5.89 Å². The van der Waals surface area contributed by atoms with Crippen molar-refractivity contribution in [2.24, 2.45) is 0 Å². The Morgan fingerprint density at radius 3 is 2.62 bits per heavy atom. The van der Waals surface area contributed by atoms with Gasteiger partial charge in [0, 0.05) is 6.92 Å². The number of quaternary nitrogens is 1. The van der Waals surface area contributed by atoms with E-state index in [1.165, 1.54) is 0 Å². The van der Waals surface area contributed by atoms with Gasteiger partial charge >= 0.3 is 0 Å². The smallest absolute Gasteiger partial charge is 0.271 e. The highest BCUT2D eigenvalue weighted by Crippen LogP contribution is 1.93. The molecule has 0 spiro atoms. The molecule has 1 aromatic heterocycles. The van der Waals surface area contributed by atoms with E-state index in [1.807, 2.05) is 0 Å². The highest BCUT2D eigenvalue weighted by atomic mass is 16.4. The molecule has 0 aliphatic rings. The fraction of sp³-hybridized carbons (Fsp3) is 0.500. The van der Waals surface area contributed by atoms with Gasteiger partial charge in [-0.2, -0.15) is 0 Å². The van der Waals surface area contributed by atoms with E-state index in [1.54, 1.807) is 6.92 Å². The molecule has 0 unspecified atom stereocenters. The summed E-state index contributed by atoms with van der Waals surface area (Å²) >= 11 is 0. The maximum Gasteiger partial charge on any atom is 0.271 e. The Hall–Kier alpha value is -0.900. The minimum atomic E-state index is 0.570. The molecule has 0 aromatic carbocycles. The molecule has 0 aliphatic carbocycles. The summed E-state index contributed by atoms with van der Waals surface area (Å²) in [6.07, 6.45) is 0. The Balaban J connectivity index is 2.84. The van der Waals surface area contributed by atoms with E-state index in [4.69, 9.17) is 4.42 Å². The highest BCUT2D eigenvalue weighted by molar-refractivity contribution is 4.73. The maximum absolute atomic E-state index is 4.95. The zero-order valence-electron chi connectivity index (χ0n) is 4.72. The van der Waals surface area contributed by atoms with Crippen molar-refractivity contribution in [3.63, 3.8) is 0 Å². The first kappa shape index (κ1) is 5.24. The molecule has 1 aromatic rings. The van der Waals surface area contributed by atoms with Gasteiger partial charge in [0.2, 0.25) is 5.89 Å². The normalized spacial score (nSPS) is 9.75. The van der Waals surface area contributed by atoms with Crippen LogP contribution in [-0.4, -0.2) is 10.2 Å². The van der Waals surface area contributed by atoms with Crippen molar-refractivity contribution in [3.8, 4) is 0 Å². The topological polar surface area (TPSA) is 66.6 Å². The van der Waals surface area contributed by atoms with Crippen molar-refractivity contribution in [1.82, 2.24) is 10.2 Å². The van der Waals surface area contributed by atoms with Gasteiger partial charge in [-0.1, -0.05) is 0 Å². The number of aromatic nitrogens is 2. The van der Waals surface area contributed by atoms with Crippen LogP contribution in [0.5, 0.6) is 0 Å². The summed E-state index contributed by atoms with van der Waals surface area (Å²) in [5.74, 6) is 1.20. The Labute approximate surface area is 46.7 Å². The van der Waals surface area contributed by atoms with Crippen LogP contribution in [-0.2, 0) is 6.54 Å². The van der Waals surface area contributed by atoms with Crippen LogP contribution in [0.4, 0.5) is 0 Å². The van der Waals surface area contributed by atoms with E-state index < -0.39 is 0 Å². The van der Waals surface area contributed by atoms with E-state index in [0.29, 0.717) is 18.3 Å². The predicted octanol–water partition coefficient (Wildman–Crippen LogP) is -0.880. The monoisotopic (exact) mass is 114 g/mol. The van der Waals surface area contributed by atoms with Gasteiger partial charge in [-0.05, 0) is 0 Å². The van der Waals surface area contributed by atoms with Gasteiger partial charge in [0.15, 0.2) is 6.54 Å². The lowest BCUT2D eigenvalue weighted by molar-refractivity contribution is -0.391. The van der Waals surface area contributed by atoms with E-state index in [2.05, 4.69) is 15.9 Å². The summed E-state index contributed by atoms with van der Waals surface area (Å²) in [7, 11) is 0. The van der Waals surface area contributed by atoms with Crippen LogP contribution in [0.3, 0.4) is 0 Å². The minimum absolute atomic E-state index is 0.570. The van der Waals surface area contributed by atoms with Gasteiger partial charge in [0.05, 0.1) is 0 Å². The van der Waals surface area contributed by atoms with Crippen LogP contribution in [0, 0.1) is 6.92 Å². The molecule has 0 saturated carbocycles. The lowest BCUT2D eigenvalue weighted by atomic mass is 10.7. The number of aryl methyl sites for hydroxylation is 1. The summed E-state index contributed by atoms with van der Waals surface area (Å²) in [4.78, 5) is 0. The third-order valence-electron chi connectivity index (χ3n) is 0.782. The third kappa shape index (κ3) is 0.840. The van der Waals surface area contributed by atoms with Crippen LogP contribution in [0.15, 0.2) is 4.42 Å². The molecule has 8 heavy (non-hydrogen) atoms. The molecular weight excluding hydrogens is 106 g/mol. The number of nitrogens with zero attached hydrogens (tertiary/aromatic N) is 2. The van der Waals surface area contributed by atoms with Gasteiger partial charge in [-0.25, -0.2) is 0 Å². The quantitative estimate of drug-likeness (QED) is 0.515. The first-order chi connectivity index (χ1) is 3.83. The molecule has 0 aliphatic heterocycles. The maximum atomic E-state index is 4.95. The largest absolute Gasteiger partial charge is 0.420 e. The average Bonchev–Trinajstić information content (AvgIpc) is 2.14. The first-order valence-corrected chi connectivity index (χ1v) is 2.41. The van der Waals surface area contributed by atoms with Crippen molar-refractivity contribution >= 4 is 0 Å². The molecule has 1 heterocycles. The first-order valence-electron chi connectivity index (χ1n) is 2.41. The van der Waals surface area contributed by atoms with E-state index in [-0.39, 0.29) is 0 Å². The van der Waals surface area contributed by atoms with Gasteiger partial charge in [-0.15, -0.1) is 10.2 Å². The average molecular weight is 114 g/mol. The minimum Gasteiger partial charge on any atom is -0.420 e. The molecule has 44 valence electrons. The molecule has 4 nitrogen and oxygen atoms in total. The molecule has 0 bridgehead atoms. The van der Waals surface area contributed by atoms with Crippen LogP contribution < -0.4 is 5.73 Å². The summed E-state index contributed by atoms with van der Waals surface area (Å²) in [5.41, 5.74) is 3.57. The number of hydrogen-bond donors (Lipinski definition) is 1. The molecule has 0 amide bonds.